The molecule has 1 aromatic heterocycles. The molecule has 1 amide bonds. The highest BCUT2D eigenvalue weighted by molar-refractivity contribution is 5.82. The Morgan fingerprint density at radius 3 is 3.00 bits per heavy atom. The molecule has 3 nitrogen and oxygen atoms in total. The highest BCUT2D eigenvalue weighted by Crippen LogP contribution is 2.17. The molecule has 2 N–H and O–H groups in total. The van der Waals surface area contributed by atoms with Crippen molar-refractivity contribution in [3.05, 3.63) is 41.8 Å². The van der Waals surface area contributed by atoms with Gasteiger partial charge in [0.15, 0.2) is 0 Å². The highest BCUT2D eigenvalue weighted by atomic mass is 19.1. The van der Waals surface area contributed by atoms with Gasteiger partial charge in [-0.3, -0.25) is 9.78 Å². The van der Waals surface area contributed by atoms with E-state index in [2.05, 4.69) is 4.98 Å². The molecule has 1 heterocycles. The van der Waals surface area contributed by atoms with E-state index in [0.717, 1.165) is 0 Å². The van der Waals surface area contributed by atoms with Crippen LogP contribution in [0.25, 0.3) is 10.9 Å². The van der Waals surface area contributed by atoms with E-state index in [-0.39, 0.29) is 6.42 Å². The molecule has 0 aliphatic carbocycles. The minimum absolute atomic E-state index is 0.0434. The summed E-state index contributed by atoms with van der Waals surface area (Å²) >= 11 is 0. The van der Waals surface area contributed by atoms with Crippen LogP contribution < -0.4 is 5.73 Å². The number of pyridine rings is 1. The van der Waals surface area contributed by atoms with Gasteiger partial charge in [0.25, 0.3) is 0 Å². The van der Waals surface area contributed by atoms with E-state index in [9.17, 15) is 9.18 Å². The van der Waals surface area contributed by atoms with Gasteiger partial charge in [-0.2, -0.15) is 0 Å². The maximum Gasteiger partial charge on any atom is 0.221 e. The summed E-state index contributed by atoms with van der Waals surface area (Å²) in [4.78, 5) is 14.6. The molecule has 76 valence electrons. The van der Waals surface area contributed by atoms with Crippen molar-refractivity contribution in [2.75, 3.05) is 0 Å². The van der Waals surface area contributed by atoms with Crippen molar-refractivity contribution in [1.29, 1.82) is 0 Å². The van der Waals surface area contributed by atoms with E-state index in [1.54, 1.807) is 18.2 Å². The van der Waals surface area contributed by atoms with Crippen LogP contribution in [-0.4, -0.2) is 10.9 Å². The van der Waals surface area contributed by atoms with E-state index in [4.69, 9.17) is 5.73 Å². The molecule has 1 aromatic carbocycles. The second kappa shape index (κ2) is 3.65. The fraction of sp³-hybridized carbons (Fsp3) is 0.0909. The number of fused-ring (bicyclic) bond motifs is 1. The summed E-state index contributed by atoms with van der Waals surface area (Å²) in [5.74, 6) is -0.901. The van der Waals surface area contributed by atoms with Crippen LogP contribution in [0.2, 0.25) is 0 Å². The van der Waals surface area contributed by atoms with E-state index >= 15 is 0 Å². The lowest BCUT2D eigenvalue weighted by molar-refractivity contribution is -0.117. The van der Waals surface area contributed by atoms with Gasteiger partial charge in [0, 0.05) is 11.6 Å². The molecular weight excluding hydrogens is 195 g/mol. The highest BCUT2D eigenvalue weighted by Gasteiger charge is 2.06. The fourth-order valence-electron chi connectivity index (χ4n) is 1.51. The minimum atomic E-state index is -0.474. The van der Waals surface area contributed by atoms with Crippen molar-refractivity contribution < 1.29 is 9.18 Å². The fourth-order valence-corrected chi connectivity index (χ4v) is 1.51. The molecule has 0 saturated heterocycles. The van der Waals surface area contributed by atoms with Crippen LogP contribution in [0.15, 0.2) is 30.5 Å². The molecule has 0 fully saturated rings. The molecule has 2 rings (SSSR count). The molecule has 0 bridgehead atoms. The molecule has 15 heavy (non-hydrogen) atoms. The van der Waals surface area contributed by atoms with E-state index in [0.29, 0.717) is 16.5 Å². The van der Waals surface area contributed by atoms with Crippen molar-refractivity contribution in [3.63, 3.8) is 0 Å². The van der Waals surface area contributed by atoms with E-state index in [1.807, 2.05) is 0 Å². The number of hydrogen-bond donors (Lipinski definition) is 1. The number of nitrogens with zero attached hydrogens (tertiary/aromatic N) is 1. The summed E-state index contributed by atoms with van der Waals surface area (Å²) in [5, 5.41) is 0.675. The standard InChI is InChI=1S/C11H9FN2O/c12-9-5-7(6-10(13)15)4-8-2-1-3-14-11(8)9/h1-5H,6H2,(H2,13,15). The zero-order chi connectivity index (χ0) is 10.8. The molecule has 4 heteroatoms. The minimum Gasteiger partial charge on any atom is -0.369 e. The van der Waals surface area contributed by atoms with Crippen molar-refractivity contribution in [2.45, 2.75) is 6.42 Å². The Kier molecular flexibility index (Phi) is 2.33. The average molecular weight is 204 g/mol. The first-order chi connectivity index (χ1) is 7.16. The van der Waals surface area contributed by atoms with Gasteiger partial charge in [0.1, 0.15) is 11.3 Å². The lowest BCUT2D eigenvalue weighted by atomic mass is 10.1. The van der Waals surface area contributed by atoms with Crippen LogP contribution in [0.5, 0.6) is 0 Å². The second-order valence-electron chi connectivity index (χ2n) is 3.30. The number of aromatic nitrogens is 1. The van der Waals surface area contributed by atoms with Crippen LogP contribution in [0.1, 0.15) is 5.56 Å². The van der Waals surface area contributed by atoms with Crippen molar-refractivity contribution in [2.24, 2.45) is 5.73 Å². The second-order valence-corrected chi connectivity index (χ2v) is 3.30. The third kappa shape index (κ3) is 1.93. The Morgan fingerprint density at radius 1 is 1.47 bits per heavy atom. The van der Waals surface area contributed by atoms with E-state index < -0.39 is 11.7 Å². The van der Waals surface area contributed by atoms with Crippen molar-refractivity contribution in [1.82, 2.24) is 4.98 Å². The van der Waals surface area contributed by atoms with Gasteiger partial charge in [-0.25, -0.2) is 4.39 Å². The number of rotatable bonds is 2. The van der Waals surface area contributed by atoms with Gasteiger partial charge in [0.2, 0.25) is 5.91 Å². The van der Waals surface area contributed by atoms with Crippen LogP contribution in [0.3, 0.4) is 0 Å². The maximum atomic E-state index is 13.5. The SMILES string of the molecule is NC(=O)Cc1cc(F)c2ncccc2c1. The summed E-state index contributed by atoms with van der Waals surface area (Å²) in [6.07, 6.45) is 1.57. The number of benzene rings is 1. The lowest BCUT2D eigenvalue weighted by Gasteiger charge is -2.02. The van der Waals surface area contributed by atoms with Gasteiger partial charge in [-0.15, -0.1) is 0 Å². The average Bonchev–Trinajstić information content (AvgIpc) is 2.16. The first-order valence-corrected chi connectivity index (χ1v) is 4.48. The molecule has 0 spiro atoms. The van der Waals surface area contributed by atoms with Crippen molar-refractivity contribution >= 4 is 16.8 Å². The molecular formula is C11H9FN2O. The smallest absolute Gasteiger partial charge is 0.221 e. The molecule has 0 saturated carbocycles. The Morgan fingerprint density at radius 2 is 2.27 bits per heavy atom. The van der Waals surface area contributed by atoms with Gasteiger partial charge in [-0.05, 0) is 23.8 Å². The predicted octanol–water partition coefficient (Wildman–Crippen LogP) is 1.40. The molecule has 0 unspecified atom stereocenters. The Labute approximate surface area is 85.7 Å². The van der Waals surface area contributed by atoms with Gasteiger partial charge < -0.3 is 5.73 Å². The largest absolute Gasteiger partial charge is 0.369 e. The van der Waals surface area contributed by atoms with Crippen LogP contribution in [0.4, 0.5) is 4.39 Å². The summed E-state index contributed by atoms with van der Waals surface area (Å²) in [6.45, 7) is 0. The zero-order valence-electron chi connectivity index (χ0n) is 7.90. The topological polar surface area (TPSA) is 56.0 Å². The number of nitrogens with two attached hydrogens (primary N) is 1. The number of primary amides is 1. The summed E-state index contributed by atoms with van der Waals surface area (Å²) in [5.41, 5.74) is 5.92. The zero-order valence-corrected chi connectivity index (χ0v) is 7.90. The Hall–Kier alpha value is -1.97. The third-order valence-corrected chi connectivity index (χ3v) is 2.10. The number of amides is 1. The summed E-state index contributed by atoms with van der Waals surface area (Å²) in [7, 11) is 0. The number of carbonyl (C=O) groups excluding carboxylic acids is 1. The maximum absolute atomic E-state index is 13.5. The van der Waals surface area contributed by atoms with Crippen LogP contribution in [0, 0.1) is 5.82 Å². The quantitative estimate of drug-likeness (QED) is 0.803. The molecule has 0 aliphatic heterocycles. The Balaban J connectivity index is 2.57. The molecule has 0 atom stereocenters. The lowest BCUT2D eigenvalue weighted by Crippen LogP contribution is -2.13. The van der Waals surface area contributed by atoms with Gasteiger partial charge in [0.05, 0.1) is 6.42 Å². The molecule has 2 aromatic rings. The van der Waals surface area contributed by atoms with Gasteiger partial charge >= 0.3 is 0 Å². The van der Waals surface area contributed by atoms with E-state index in [1.165, 1.54) is 12.3 Å². The third-order valence-electron chi connectivity index (χ3n) is 2.10. The normalized spacial score (nSPS) is 10.5. The van der Waals surface area contributed by atoms with Crippen molar-refractivity contribution in [3.8, 4) is 0 Å². The summed E-state index contributed by atoms with van der Waals surface area (Å²) < 4.78 is 13.5. The number of carbonyl (C=O) groups is 1. The molecule has 0 aliphatic rings. The number of hydrogen-bond acceptors (Lipinski definition) is 2. The first kappa shape index (κ1) is 9.58. The first-order valence-electron chi connectivity index (χ1n) is 4.48. The predicted molar refractivity (Wildman–Crippen MR) is 54.6 cm³/mol. The van der Waals surface area contributed by atoms with Crippen LogP contribution >= 0.6 is 0 Å². The number of halogens is 1. The summed E-state index contributed by atoms with van der Waals surface area (Å²) in [6, 6.07) is 6.47. The monoisotopic (exact) mass is 204 g/mol. The van der Waals surface area contributed by atoms with Crippen LogP contribution in [-0.2, 0) is 11.2 Å². The molecule has 0 radical (unpaired) electrons. The Bertz CT molecular complexity index is 525. The van der Waals surface area contributed by atoms with Gasteiger partial charge in [-0.1, -0.05) is 6.07 Å².